The van der Waals surface area contributed by atoms with E-state index >= 15 is 0 Å². The van der Waals surface area contributed by atoms with Crippen molar-refractivity contribution in [2.24, 2.45) is 0 Å². The SMILES string of the molecule is Nc1nc2c(-c3c(C(=O)O)[nH]c4c(Br)csc34)cccc2[nH]1. The average molecular weight is 377 g/mol. The number of benzene rings is 1. The molecule has 6 nitrogen and oxygen atoms in total. The number of aromatic nitrogens is 3. The number of nitrogens with zero attached hydrogens (tertiary/aromatic N) is 1. The van der Waals surface area contributed by atoms with Crippen molar-refractivity contribution in [1.82, 2.24) is 15.0 Å². The zero-order valence-electron chi connectivity index (χ0n) is 11.0. The molecule has 4 aromatic rings. The van der Waals surface area contributed by atoms with Gasteiger partial charge in [-0.2, -0.15) is 0 Å². The second-order valence-electron chi connectivity index (χ2n) is 4.79. The monoisotopic (exact) mass is 376 g/mol. The third-order valence-electron chi connectivity index (χ3n) is 3.49. The number of carbonyl (C=O) groups is 1. The normalized spacial score (nSPS) is 11.5. The van der Waals surface area contributed by atoms with Crippen molar-refractivity contribution < 1.29 is 9.90 Å². The number of hydrogen-bond acceptors (Lipinski definition) is 4. The Hall–Kier alpha value is -2.32. The van der Waals surface area contributed by atoms with Crippen LogP contribution in [0, 0.1) is 0 Å². The molecule has 8 heteroatoms. The highest BCUT2D eigenvalue weighted by molar-refractivity contribution is 9.10. The van der Waals surface area contributed by atoms with E-state index in [-0.39, 0.29) is 5.69 Å². The van der Waals surface area contributed by atoms with Crippen molar-refractivity contribution in [3.8, 4) is 11.1 Å². The number of nitrogen functional groups attached to an aromatic ring is 1. The molecule has 0 bridgehead atoms. The molecule has 0 saturated heterocycles. The molecule has 0 atom stereocenters. The molecule has 0 fully saturated rings. The number of aromatic amines is 2. The molecular weight excluding hydrogens is 368 g/mol. The Bertz CT molecular complexity index is 1050. The van der Waals surface area contributed by atoms with Crippen LogP contribution in [-0.2, 0) is 0 Å². The van der Waals surface area contributed by atoms with Crippen LogP contribution in [0.1, 0.15) is 10.5 Å². The zero-order chi connectivity index (χ0) is 15.4. The zero-order valence-corrected chi connectivity index (χ0v) is 13.4. The van der Waals surface area contributed by atoms with Gasteiger partial charge in [0.1, 0.15) is 5.69 Å². The van der Waals surface area contributed by atoms with Crippen molar-refractivity contribution in [3.05, 3.63) is 33.7 Å². The highest BCUT2D eigenvalue weighted by Crippen LogP contribution is 2.41. The Labute approximate surface area is 136 Å². The van der Waals surface area contributed by atoms with Crippen molar-refractivity contribution in [2.75, 3.05) is 5.73 Å². The summed E-state index contributed by atoms with van der Waals surface area (Å²) in [5.41, 5.74) is 9.47. The van der Waals surface area contributed by atoms with Gasteiger partial charge in [0.05, 0.1) is 25.7 Å². The van der Waals surface area contributed by atoms with Crippen molar-refractivity contribution >= 4 is 60.4 Å². The molecule has 0 saturated carbocycles. The number of H-pyrrole nitrogens is 2. The fourth-order valence-corrected chi connectivity index (χ4v) is 4.27. The summed E-state index contributed by atoms with van der Waals surface area (Å²) < 4.78 is 1.72. The summed E-state index contributed by atoms with van der Waals surface area (Å²) in [6.07, 6.45) is 0. The fourth-order valence-electron chi connectivity index (χ4n) is 2.61. The van der Waals surface area contributed by atoms with E-state index in [2.05, 4.69) is 30.9 Å². The maximum Gasteiger partial charge on any atom is 0.353 e. The van der Waals surface area contributed by atoms with Crippen LogP contribution in [0.4, 0.5) is 5.95 Å². The third kappa shape index (κ3) is 1.77. The van der Waals surface area contributed by atoms with Gasteiger partial charge in [-0.1, -0.05) is 12.1 Å². The lowest BCUT2D eigenvalue weighted by molar-refractivity contribution is 0.0692. The Kier molecular flexibility index (Phi) is 2.78. The maximum atomic E-state index is 11.6. The predicted molar refractivity (Wildman–Crippen MR) is 90.3 cm³/mol. The number of halogens is 1. The molecule has 5 N–H and O–H groups in total. The van der Waals surface area contributed by atoms with E-state index in [9.17, 15) is 9.90 Å². The number of carboxylic acids is 1. The molecule has 110 valence electrons. The van der Waals surface area contributed by atoms with Gasteiger partial charge in [0.15, 0.2) is 5.95 Å². The minimum Gasteiger partial charge on any atom is -0.477 e. The Balaban J connectivity index is 2.15. The first-order valence-electron chi connectivity index (χ1n) is 6.33. The molecule has 0 unspecified atom stereocenters. The number of para-hydroxylation sites is 1. The van der Waals surface area contributed by atoms with Gasteiger partial charge in [-0.15, -0.1) is 11.3 Å². The number of aromatic carboxylic acids is 1. The van der Waals surface area contributed by atoms with E-state index < -0.39 is 5.97 Å². The van der Waals surface area contributed by atoms with Gasteiger partial charge >= 0.3 is 5.97 Å². The van der Waals surface area contributed by atoms with Crippen LogP contribution in [0.5, 0.6) is 0 Å². The number of imidazole rings is 1. The number of rotatable bonds is 2. The Morgan fingerprint density at radius 3 is 2.95 bits per heavy atom. The van der Waals surface area contributed by atoms with Crippen LogP contribution in [0.2, 0.25) is 0 Å². The summed E-state index contributed by atoms with van der Waals surface area (Å²) in [4.78, 5) is 21.9. The second-order valence-corrected chi connectivity index (χ2v) is 6.53. The van der Waals surface area contributed by atoms with E-state index in [0.29, 0.717) is 17.0 Å². The van der Waals surface area contributed by atoms with E-state index in [0.717, 1.165) is 25.8 Å². The highest BCUT2D eigenvalue weighted by atomic mass is 79.9. The number of nitrogens with one attached hydrogen (secondary N) is 2. The highest BCUT2D eigenvalue weighted by Gasteiger charge is 2.23. The van der Waals surface area contributed by atoms with Gasteiger partial charge < -0.3 is 20.8 Å². The van der Waals surface area contributed by atoms with Gasteiger partial charge in [0, 0.05) is 16.5 Å². The summed E-state index contributed by atoms with van der Waals surface area (Å²) in [6.45, 7) is 0. The van der Waals surface area contributed by atoms with Gasteiger partial charge in [-0.05, 0) is 22.0 Å². The molecule has 0 aliphatic rings. The quantitative estimate of drug-likeness (QED) is 0.426. The van der Waals surface area contributed by atoms with Crippen LogP contribution >= 0.6 is 27.3 Å². The summed E-state index contributed by atoms with van der Waals surface area (Å²) in [5.74, 6) is -0.704. The van der Waals surface area contributed by atoms with E-state index in [1.54, 1.807) is 0 Å². The molecule has 22 heavy (non-hydrogen) atoms. The minimum atomic E-state index is -1.01. The number of carboxylic acid groups (broad SMARTS) is 1. The molecule has 0 amide bonds. The molecular formula is C14H9BrN4O2S. The number of nitrogens with two attached hydrogens (primary N) is 1. The summed E-state index contributed by atoms with van der Waals surface area (Å²) in [5, 5.41) is 11.4. The number of fused-ring (bicyclic) bond motifs is 2. The van der Waals surface area contributed by atoms with E-state index in [1.165, 1.54) is 11.3 Å². The summed E-state index contributed by atoms with van der Waals surface area (Å²) in [7, 11) is 0. The number of hydrogen-bond donors (Lipinski definition) is 4. The molecule has 0 aliphatic carbocycles. The molecule has 4 rings (SSSR count). The first kappa shape index (κ1) is 13.4. The van der Waals surface area contributed by atoms with Crippen LogP contribution in [0.3, 0.4) is 0 Å². The molecule has 3 heterocycles. The molecule has 1 aromatic carbocycles. The maximum absolute atomic E-state index is 11.6. The van der Waals surface area contributed by atoms with Crippen LogP contribution < -0.4 is 5.73 Å². The number of thiophene rings is 1. The standard InChI is InChI=1S/C14H9BrN4O2S/c15-6-4-22-12-8(11(13(20)21)18-10(6)12)5-2-1-3-7-9(5)19-14(16)17-7/h1-4,18H,(H,20,21)(H3,16,17,19). The third-order valence-corrected chi connectivity index (χ3v) is 5.41. The van der Waals surface area contributed by atoms with Gasteiger partial charge in [0.25, 0.3) is 0 Å². The van der Waals surface area contributed by atoms with E-state index in [1.807, 2.05) is 23.6 Å². The van der Waals surface area contributed by atoms with E-state index in [4.69, 9.17) is 5.73 Å². The molecule has 3 aromatic heterocycles. The molecule has 0 spiro atoms. The lowest BCUT2D eigenvalue weighted by Gasteiger charge is -2.02. The van der Waals surface area contributed by atoms with Crippen LogP contribution in [0.15, 0.2) is 28.1 Å². The number of anilines is 1. The first-order valence-corrected chi connectivity index (χ1v) is 8.00. The Morgan fingerprint density at radius 2 is 2.18 bits per heavy atom. The van der Waals surface area contributed by atoms with Crippen LogP contribution in [0.25, 0.3) is 32.4 Å². The van der Waals surface area contributed by atoms with Gasteiger partial charge in [-0.25, -0.2) is 9.78 Å². The lowest BCUT2D eigenvalue weighted by Crippen LogP contribution is -1.99. The van der Waals surface area contributed by atoms with Gasteiger partial charge in [0.2, 0.25) is 0 Å². The van der Waals surface area contributed by atoms with Crippen LogP contribution in [-0.4, -0.2) is 26.0 Å². The summed E-state index contributed by atoms with van der Waals surface area (Å²) in [6, 6.07) is 5.56. The van der Waals surface area contributed by atoms with Crippen molar-refractivity contribution in [2.45, 2.75) is 0 Å². The largest absolute Gasteiger partial charge is 0.477 e. The first-order chi connectivity index (χ1) is 10.6. The molecule has 0 aliphatic heterocycles. The average Bonchev–Trinajstić information content (AvgIpc) is 3.12. The van der Waals surface area contributed by atoms with Gasteiger partial charge in [-0.3, -0.25) is 0 Å². The minimum absolute atomic E-state index is 0.150. The fraction of sp³-hybridized carbons (Fsp3) is 0. The Morgan fingerprint density at radius 1 is 1.36 bits per heavy atom. The smallest absolute Gasteiger partial charge is 0.353 e. The topological polar surface area (TPSA) is 108 Å². The van der Waals surface area contributed by atoms with Crippen molar-refractivity contribution in [3.63, 3.8) is 0 Å². The second kappa shape index (κ2) is 4.59. The molecule has 0 radical (unpaired) electrons. The lowest BCUT2D eigenvalue weighted by atomic mass is 10.0. The predicted octanol–water partition coefficient (Wildman–Crippen LogP) is 3.82. The summed E-state index contributed by atoms with van der Waals surface area (Å²) >= 11 is 4.91. The van der Waals surface area contributed by atoms with Crippen molar-refractivity contribution in [1.29, 1.82) is 0 Å².